The molecule has 3 rings (SSSR count). The fourth-order valence-corrected chi connectivity index (χ4v) is 6.21. The number of fused-ring (bicyclic) bond motifs is 1. The van der Waals surface area contributed by atoms with Gasteiger partial charge in [-0.25, -0.2) is 8.42 Å². The molecule has 0 unspecified atom stereocenters. The molecule has 0 bridgehead atoms. The van der Waals surface area contributed by atoms with Crippen molar-refractivity contribution in [2.24, 2.45) is 12.8 Å². The Morgan fingerprint density at radius 3 is 2.52 bits per heavy atom. The molecule has 0 radical (unpaired) electrons. The van der Waals surface area contributed by atoms with E-state index in [4.69, 9.17) is 5.73 Å². The second-order valence-corrected chi connectivity index (χ2v) is 11.1. The van der Waals surface area contributed by atoms with Crippen LogP contribution < -0.4 is 5.73 Å². The maximum atomic E-state index is 13.2. The van der Waals surface area contributed by atoms with Gasteiger partial charge < -0.3 is 15.4 Å². The summed E-state index contributed by atoms with van der Waals surface area (Å²) >= 11 is 0. The Bertz CT molecular complexity index is 953. The van der Waals surface area contributed by atoms with Crippen LogP contribution in [0.15, 0.2) is 0 Å². The second kappa shape index (κ2) is 7.01. The highest BCUT2D eigenvalue weighted by Gasteiger charge is 2.61. The van der Waals surface area contributed by atoms with Crippen LogP contribution in [0.3, 0.4) is 0 Å². The number of rotatable bonds is 8. The number of halogens is 2. The standard InChI is InChI=1S/C17H24F2N4O5S/c1-16(2,9-28-15(18)19)29(26,27)17(5-6-17)8-23-7-4-10-11(13(20)24)21-22(3)12(10)14(23)25/h15H,4-9H2,1-3H3,(H2,20,24). The van der Waals surface area contributed by atoms with Gasteiger partial charge in [-0.1, -0.05) is 0 Å². The molecular formula is C17H24F2N4O5S. The number of hydrogen-bond acceptors (Lipinski definition) is 6. The third kappa shape index (κ3) is 3.52. The molecule has 2 N–H and O–H groups in total. The van der Waals surface area contributed by atoms with E-state index in [2.05, 4.69) is 9.84 Å². The van der Waals surface area contributed by atoms with Crippen LogP contribution in [0.4, 0.5) is 8.78 Å². The molecule has 2 aliphatic rings. The molecule has 29 heavy (non-hydrogen) atoms. The number of amides is 2. The van der Waals surface area contributed by atoms with Gasteiger partial charge in [0.05, 0.1) is 16.1 Å². The van der Waals surface area contributed by atoms with Crippen LogP contribution in [0, 0.1) is 0 Å². The number of nitrogens with two attached hydrogens (primary N) is 1. The first-order chi connectivity index (χ1) is 13.3. The molecule has 0 aromatic carbocycles. The summed E-state index contributed by atoms with van der Waals surface area (Å²) in [4.78, 5) is 25.9. The van der Waals surface area contributed by atoms with Gasteiger partial charge in [-0.3, -0.25) is 14.3 Å². The van der Waals surface area contributed by atoms with Crippen molar-refractivity contribution in [2.45, 2.75) is 49.2 Å². The van der Waals surface area contributed by atoms with Crippen LogP contribution in [0.5, 0.6) is 0 Å². The minimum atomic E-state index is -3.89. The first-order valence-corrected chi connectivity index (χ1v) is 10.6. The Hall–Kier alpha value is -2.08. The number of hydrogen-bond donors (Lipinski definition) is 1. The molecule has 0 spiro atoms. The Morgan fingerprint density at radius 2 is 2.00 bits per heavy atom. The zero-order valence-corrected chi connectivity index (χ0v) is 17.3. The smallest absolute Gasteiger partial charge is 0.345 e. The van der Waals surface area contributed by atoms with Gasteiger partial charge in [-0.15, -0.1) is 0 Å². The Balaban J connectivity index is 1.83. The van der Waals surface area contributed by atoms with Crippen molar-refractivity contribution >= 4 is 21.7 Å². The SMILES string of the molecule is Cn1nc(C(N)=O)c2c1C(=O)N(CC1(S(=O)(=O)C(C)(C)COC(F)F)CC1)CC2. The maximum absolute atomic E-state index is 13.2. The second-order valence-electron chi connectivity index (χ2n) is 8.16. The number of carbonyl (C=O) groups is 2. The van der Waals surface area contributed by atoms with E-state index in [1.54, 1.807) is 0 Å². The molecule has 1 aliphatic heterocycles. The highest BCUT2D eigenvalue weighted by molar-refractivity contribution is 7.94. The number of sulfone groups is 1. The molecule has 162 valence electrons. The van der Waals surface area contributed by atoms with Crippen molar-refractivity contribution in [3.8, 4) is 0 Å². The number of ether oxygens (including phenoxy) is 1. The number of aromatic nitrogens is 2. The van der Waals surface area contributed by atoms with E-state index in [-0.39, 0.29) is 24.5 Å². The molecule has 0 atom stereocenters. The van der Waals surface area contributed by atoms with Gasteiger partial charge in [0.2, 0.25) is 0 Å². The van der Waals surface area contributed by atoms with Gasteiger partial charge in [-0.2, -0.15) is 13.9 Å². The molecule has 2 amide bonds. The molecule has 9 nitrogen and oxygen atoms in total. The summed E-state index contributed by atoms with van der Waals surface area (Å²) in [5.74, 6) is -1.16. The number of carbonyl (C=O) groups excluding carboxylic acids is 2. The third-order valence-electron chi connectivity index (χ3n) is 5.64. The Labute approximate surface area is 167 Å². The van der Waals surface area contributed by atoms with Crippen LogP contribution >= 0.6 is 0 Å². The number of primary amides is 1. The van der Waals surface area contributed by atoms with E-state index < -0.39 is 44.4 Å². The predicted molar refractivity (Wildman–Crippen MR) is 98.3 cm³/mol. The topological polar surface area (TPSA) is 125 Å². The van der Waals surface area contributed by atoms with Crippen LogP contribution in [0.25, 0.3) is 0 Å². The van der Waals surface area contributed by atoms with Crippen molar-refractivity contribution in [1.82, 2.24) is 14.7 Å². The van der Waals surface area contributed by atoms with Crippen LogP contribution in [0.2, 0.25) is 0 Å². The highest BCUT2D eigenvalue weighted by Crippen LogP contribution is 2.49. The summed E-state index contributed by atoms with van der Waals surface area (Å²) in [6, 6.07) is 0. The Morgan fingerprint density at radius 1 is 1.38 bits per heavy atom. The Kier molecular flexibility index (Phi) is 5.23. The molecule has 0 saturated heterocycles. The summed E-state index contributed by atoms with van der Waals surface area (Å²) in [7, 11) is -2.37. The highest BCUT2D eigenvalue weighted by atomic mass is 32.2. The van der Waals surface area contributed by atoms with E-state index in [9.17, 15) is 26.8 Å². The zero-order valence-electron chi connectivity index (χ0n) is 16.4. The van der Waals surface area contributed by atoms with E-state index in [1.165, 1.54) is 30.5 Å². The minimum Gasteiger partial charge on any atom is -0.364 e. The fraction of sp³-hybridized carbons (Fsp3) is 0.706. The van der Waals surface area contributed by atoms with Crippen LogP contribution in [0.1, 0.15) is 53.2 Å². The van der Waals surface area contributed by atoms with Gasteiger partial charge in [0.15, 0.2) is 15.5 Å². The molecule has 1 saturated carbocycles. The van der Waals surface area contributed by atoms with Crippen molar-refractivity contribution in [3.63, 3.8) is 0 Å². The first-order valence-electron chi connectivity index (χ1n) is 9.12. The van der Waals surface area contributed by atoms with Crippen molar-refractivity contribution in [1.29, 1.82) is 0 Å². The number of aryl methyl sites for hydroxylation is 1. The summed E-state index contributed by atoms with van der Waals surface area (Å²) in [6.07, 6.45) is 0.991. The monoisotopic (exact) mass is 434 g/mol. The molecule has 2 heterocycles. The van der Waals surface area contributed by atoms with Gasteiger partial charge >= 0.3 is 6.61 Å². The largest absolute Gasteiger partial charge is 0.364 e. The van der Waals surface area contributed by atoms with E-state index in [0.29, 0.717) is 24.8 Å². The molecule has 1 fully saturated rings. The minimum absolute atomic E-state index is 0.0366. The van der Waals surface area contributed by atoms with Crippen molar-refractivity contribution in [3.05, 3.63) is 17.0 Å². The van der Waals surface area contributed by atoms with Crippen molar-refractivity contribution in [2.75, 3.05) is 19.7 Å². The lowest BCUT2D eigenvalue weighted by molar-refractivity contribution is -0.133. The molecule has 1 aliphatic carbocycles. The summed E-state index contributed by atoms with van der Waals surface area (Å²) < 4.78 is 54.0. The fourth-order valence-electron chi connectivity index (χ4n) is 3.85. The van der Waals surface area contributed by atoms with Crippen LogP contribution in [-0.4, -0.2) is 70.7 Å². The lowest BCUT2D eigenvalue weighted by Gasteiger charge is -2.35. The van der Waals surface area contributed by atoms with Gasteiger partial charge in [0.25, 0.3) is 11.8 Å². The molecule has 1 aromatic heterocycles. The zero-order chi connectivity index (χ0) is 21.8. The van der Waals surface area contributed by atoms with E-state index in [1.807, 2.05) is 0 Å². The normalized spacial score (nSPS) is 18.8. The molecular weight excluding hydrogens is 410 g/mol. The van der Waals surface area contributed by atoms with Crippen molar-refractivity contribution < 1.29 is 31.5 Å². The number of nitrogens with zero attached hydrogens (tertiary/aromatic N) is 3. The number of alkyl halides is 2. The van der Waals surface area contributed by atoms with Gasteiger partial charge in [-0.05, 0) is 33.1 Å². The lowest BCUT2D eigenvalue weighted by atomic mass is 10.0. The maximum Gasteiger partial charge on any atom is 0.345 e. The summed E-state index contributed by atoms with van der Waals surface area (Å²) in [5, 5.41) is 4.01. The van der Waals surface area contributed by atoms with Gasteiger partial charge in [0, 0.05) is 25.7 Å². The third-order valence-corrected chi connectivity index (χ3v) is 8.89. The first kappa shape index (κ1) is 21.6. The van der Waals surface area contributed by atoms with E-state index >= 15 is 0 Å². The quantitative estimate of drug-likeness (QED) is 0.635. The van der Waals surface area contributed by atoms with Crippen LogP contribution in [-0.2, 0) is 28.0 Å². The van der Waals surface area contributed by atoms with Gasteiger partial charge in [0.1, 0.15) is 5.69 Å². The average Bonchev–Trinajstić information content (AvgIpc) is 3.32. The average molecular weight is 434 g/mol. The summed E-state index contributed by atoms with van der Waals surface area (Å²) in [5.41, 5.74) is 6.02. The predicted octanol–water partition coefficient (Wildman–Crippen LogP) is 0.483. The molecule has 1 aromatic rings. The molecule has 12 heteroatoms. The summed E-state index contributed by atoms with van der Waals surface area (Å²) in [6.45, 7) is -0.851. The lowest BCUT2D eigenvalue weighted by Crippen LogP contribution is -2.52. The van der Waals surface area contributed by atoms with E-state index in [0.717, 1.165) is 0 Å².